The third-order valence-corrected chi connectivity index (χ3v) is 6.97. The van der Waals surface area contributed by atoms with Gasteiger partial charge in [-0.2, -0.15) is 0 Å². The van der Waals surface area contributed by atoms with Crippen molar-refractivity contribution in [3.8, 4) is 11.1 Å². The Kier molecular flexibility index (Phi) is 5.54. The van der Waals surface area contributed by atoms with Crippen LogP contribution in [0.4, 0.5) is 4.79 Å². The number of fused-ring (bicyclic) bond motifs is 3. The first-order valence-electron chi connectivity index (χ1n) is 11.2. The van der Waals surface area contributed by atoms with Crippen LogP contribution in [-0.4, -0.2) is 54.5 Å². The van der Waals surface area contributed by atoms with Gasteiger partial charge in [0.15, 0.2) is 5.54 Å². The maximum Gasteiger partial charge on any atom is 0.407 e. The van der Waals surface area contributed by atoms with E-state index in [9.17, 15) is 19.5 Å². The standard InChI is InChI=1S/C25H26N2O6/c28-22(27-25(23(29)30)9-10-32-14-25)15-11-16(12-15)26-24(31)33-13-21-19-7-3-1-5-17(19)18-6-2-4-8-20(18)21/h1-8,15-16,21H,9-14H2,(H,26,31)(H,27,28)(H,29,30). The number of ether oxygens (including phenoxy) is 2. The maximum atomic E-state index is 12.5. The molecule has 2 aromatic rings. The molecule has 2 aromatic carbocycles. The summed E-state index contributed by atoms with van der Waals surface area (Å²) in [7, 11) is 0. The second-order valence-electron chi connectivity index (χ2n) is 9.01. The molecule has 2 aliphatic carbocycles. The molecule has 3 aliphatic rings. The quantitative estimate of drug-likeness (QED) is 0.624. The normalized spacial score (nSPS) is 25.5. The number of amides is 2. The topological polar surface area (TPSA) is 114 Å². The molecular weight excluding hydrogens is 424 g/mol. The van der Waals surface area contributed by atoms with Gasteiger partial charge in [0.25, 0.3) is 0 Å². The molecule has 2 fully saturated rings. The van der Waals surface area contributed by atoms with E-state index in [0.29, 0.717) is 19.4 Å². The summed E-state index contributed by atoms with van der Waals surface area (Å²) in [6.07, 6.45) is 0.647. The summed E-state index contributed by atoms with van der Waals surface area (Å²) in [6, 6.07) is 16.1. The minimum Gasteiger partial charge on any atom is -0.479 e. The molecule has 3 N–H and O–H groups in total. The zero-order valence-corrected chi connectivity index (χ0v) is 18.1. The molecule has 1 unspecified atom stereocenters. The van der Waals surface area contributed by atoms with E-state index in [2.05, 4.69) is 34.9 Å². The molecule has 8 nitrogen and oxygen atoms in total. The highest BCUT2D eigenvalue weighted by Crippen LogP contribution is 2.44. The third kappa shape index (κ3) is 3.95. The molecule has 0 radical (unpaired) electrons. The molecule has 1 saturated carbocycles. The number of carboxylic acids is 1. The lowest BCUT2D eigenvalue weighted by atomic mass is 9.79. The summed E-state index contributed by atoms with van der Waals surface area (Å²) in [6.45, 7) is 0.517. The minimum absolute atomic E-state index is 0.0103. The first-order chi connectivity index (χ1) is 16.0. The lowest BCUT2D eigenvalue weighted by molar-refractivity contribution is -0.149. The van der Waals surface area contributed by atoms with Crippen molar-refractivity contribution in [2.75, 3.05) is 19.8 Å². The molecule has 5 rings (SSSR count). The second kappa shape index (κ2) is 8.51. The van der Waals surface area contributed by atoms with Crippen LogP contribution in [0.1, 0.15) is 36.3 Å². The zero-order valence-electron chi connectivity index (χ0n) is 18.1. The summed E-state index contributed by atoms with van der Waals surface area (Å²) < 4.78 is 10.7. The Morgan fingerprint density at radius 1 is 1.03 bits per heavy atom. The molecule has 1 saturated heterocycles. The van der Waals surface area contributed by atoms with Crippen molar-refractivity contribution in [3.63, 3.8) is 0 Å². The van der Waals surface area contributed by atoms with Gasteiger partial charge in [0.1, 0.15) is 6.61 Å². The van der Waals surface area contributed by atoms with E-state index >= 15 is 0 Å². The van der Waals surface area contributed by atoms with Crippen LogP contribution in [0.3, 0.4) is 0 Å². The van der Waals surface area contributed by atoms with Crippen LogP contribution in [-0.2, 0) is 19.1 Å². The number of alkyl carbamates (subject to hydrolysis) is 1. The molecule has 33 heavy (non-hydrogen) atoms. The largest absolute Gasteiger partial charge is 0.479 e. The van der Waals surface area contributed by atoms with Crippen LogP contribution in [0.25, 0.3) is 11.1 Å². The van der Waals surface area contributed by atoms with Crippen molar-refractivity contribution < 1.29 is 29.0 Å². The average molecular weight is 450 g/mol. The van der Waals surface area contributed by atoms with Gasteiger partial charge in [0.05, 0.1) is 6.61 Å². The molecule has 0 bridgehead atoms. The Labute approximate surface area is 191 Å². The summed E-state index contributed by atoms with van der Waals surface area (Å²) in [5, 5.41) is 14.9. The van der Waals surface area contributed by atoms with Crippen molar-refractivity contribution in [2.24, 2.45) is 5.92 Å². The molecule has 0 aromatic heterocycles. The number of aliphatic carboxylic acids is 1. The lowest BCUT2D eigenvalue weighted by Gasteiger charge is -2.36. The van der Waals surface area contributed by atoms with Gasteiger partial charge in [-0.3, -0.25) is 4.79 Å². The van der Waals surface area contributed by atoms with Crippen molar-refractivity contribution in [1.29, 1.82) is 0 Å². The Bertz CT molecular complexity index is 1040. The smallest absolute Gasteiger partial charge is 0.407 e. The monoisotopic (exact) mass is 450 g/mol. The number of carbonyl (C=O) groups is 3. The number of nitrogens with one attached hydrogen (secondary N) is 2. The highest BCUT2D eigenvalue weighted by atomic mass is 16.5. The number of carbonyl (C=O) groups excluding carboxylic acids is 2. The molecule has 8 heteroatoms. The van der Waals surface area contributed by atoms with Crippen LogP contribution in [0.15, 0.2) is 48.5 Å². The molecule has 1 aliphatic heterocycles. The van der Waals surface area contributed by atoms with Crippen molar-refractivity contribution in [1.82, 2.24) is 10.6 Å². The first-order valence-corrected chi connectivity index (χ1v) is 11.2. The summed E-state index contributed by atoms with van der Waals surface area (Å²) >= 11 is 0. The Morgan fingerprint density at radius 2 is 1.67 bits per heavy atom. The maximum absolute atomic E-state index is 12.5. The predicted molar refractivity (Wildman–Crippen MR) is 119 cm³/mol. The predicted octanol–water partition coefficient (Wildman–Crippen LogP) is 2.66. The third-order valence-electron chi connectivity index (χ3n) is 6.97. The molecule has 172 valence electrons. The fraction of sp³-hybridized carbons (Fsp3) is 0.400. The number of hydrogen-bond donors (Lipinski definition) is 3. The van der Waals surface area contributed by atoms with Gasteiger partial charge in [-0.05, 0) is 35.1 Å². The van der Waals surface area contributed by atoms with Gasteiger partial charge in [-0.1, -0.05) is 48.5 Å². The Hall–Kier alpha value is -3.39. The second-order valence-corrected chi connectivity index (χ2v) is 9.01. The highest BCUT2D eigenvalue weighted by molar-refractivity contribution is 5.89. The van der Waals surface area contributed by atoms with E-state index in [4.69, 9.17) is 9.47 Å². The summed E-state index contributed by atoms with van der Waals surface area (Å²) in [5.41, 5.74) is 3.29. The molecular formula is C25H26N2O6. The van der Waals surface area contributed by atoms with E-state index in [-0.39, 0.29) is 43.4 Å². The van der Waals surface area contributed by atoms with Crippen LogP contribution in [0.2, 0.25) is 0 Å². The fourth-order valence-electron chi connectivity index (χ4n) is 4.98. The van der Waals surface area contributed by atoms with E-state index in [1.54, 1.807) is 0 Å². The molecule has 1 atom stereocenters. The van der Waals surface area contributed by atoms with E-state index in [1.807, 2.05) is 24.3 Å². The van der Waals surface area contributed by atoms with Gasteiger partial charge >= 0.3 is 12.1 Å². The van der Waals surface area contributed by atoms with Crippen LogP contribution < -0.4 is 10.6 Å². The van der Waals surface area contributed by atoms with Crippen molar-refractivity contribution in [3.05, 3.63) is 59.7 Å². The SMILES string of the molecule is O=C(NC1CC(C(=O)NC2(C(=O)O)CCOC2)C1)OCC1c2ccccc2-c2ccccc21. The van der Waals surface area contributed by atoms with Gasteiger partial charge in [-0.15, -0.1) is 0 Å². The summed E-state index contributed by atoms with van der Waals surface area (Å²) in [4.78, 5) is 36.4. The van der Waals surface area contributed by atoms with E-state index < -0.39 is 17.6 Å². The first kappa shape index (κ1) is 21.5. The molecule has 2 amide bonds. The number of carboxylic acid groups (broad SMARTS) is 1. The minimum atomic E-state index is -1.34. The van der Waals surface area contributed by atoms with Gasteiger partial charge in [0, 0.05) is 30.9 Å². The highest BCUT2D eigenvalue weighted by Gasteiger charge is 2.46. The molecule has 1 heterocycles. The number of benzene rings is 2. The fourth-order valence-corrected chi connectivity index (χ4v) is 4.98. The van der Waals surface area contributed by atoms with Crippen LogP contribution in [0.5, 0.6) is 0 Å². The van der Waals surface area contributed by atoms with Crippen molar-refractivity contribution >= 4 is 18.0 Å². The lowest BCUT2D eigenvalue weighted by Crippen LogP contribution is -2.59. The van der Waals surface area contributed by atoms with Crippen LogP contribution in [0, 0.1) is 5.92 Å². The number of hydrogen-bond acceptors (Lipinski definition) is 5. The summed E-state index contributed by atoms with van der Waals surface area (Å²) in [5.74, 6) is -1.74. The van der Waals surface area contributed by atoms with Crippen LogP contribution >= 0.6 is 0 Å². The van der Waals surface area contributed by atoms with Gasteiger partial charge < -0.3 is 25.2 Å². The van der Waals surface area contributed by atoms with Gasteiger partial charge in [0.2, 0.25) is 5.91 Å². The van der Waals surface area contributed by atoms with E-state index in [0.717, 1.165) is 11.1 Å². The number of rotatable bonds is 6. The van der Waals surface area contributed by atoms with Crippen molar-refractivity contribution in [2.45, 2.75) is 36.8 Å². The zero-order chi connectivity index (χ0) is 23.0. The van der Waals surface area contributed by atoms with Gasteiger partial charge in [-0.25, -0.2) is 9.59 Å². The van der Waals surface area contributed by atoms with E-state index in [1.165, 1.54) is 11.1 Å². The Morgan fingerprint density at radius 3 is 2.24 bits per heavy atom. The average Bonchev–Trinajstić information content (AvgIpc) is 3.38. The molecule has 0 spiro atoms. The Balaban J connectivity index is 1.12.